The van der Waals surface area contributed by atoms with Crippen LogP contribution in [0.15, 0.2) is 24.3 Å². The maximum atomic E-state index is 12.5. The summed E-state index contributed by atoms with van der Waals surface area (Å²) in [6.07, 6.45) is 0. The van der Waals surface area contributed by atoms with E-state index in [0.29, 0.717) is 5.69 Å². The van der Waals surface area contributed by atoms with E-state index < -0.39 is 23.8 Å². The zero-order chi connectivity index (χ0) is 15.7. The van der Waals surface area contributed by atoms with E-state index in [1.165, 1.54) is 0 Å². The van der Waals surface area contributed by atoms with Crippen LogP contribution >= 0.6 is 0 Å². The molecule has 1 atom stereocenters. The maximum Gasteiger partial charge on any atom is 0.335 e. The first kappa shape index (κ1) is 15.0. The van der Waals surface area contributed by atoms with Gasteiger partial charge in [-0.15, -0.1) is 0 Å². The number of benzene rings is 1. The Kier molecular flexibility index (Phi) is 3.97. The van der Waals surface area contributed by atoms with Crippen LogP contribution in [0.5, 0.6) is 0 Å². The summed E-state index contributed by atoms with van der Waals surface area (Å²) in [5.41, 5.74) is 1.33. The molecule has 112 valence electrons. The van der Waals surface area contributed by atoms with Gasteiger partial charge in [0, 0.05) is 19.8 Å². The lowest BCUT2D eigenvalue weighted by Crippen LogP contribution is -2.59. The van der Waals surface area contributed by atoms with Gasteiger partial charge in [0.2, 0.25) is 11.8 Å². The fourth-order valence-electron chi connectivity index (χ4n) is 2.33. The van der Waals surface area contributed by atoms with Gasteiger partial charge in [0.15, 0.2) is 0 Å². The minimum absolute atomic E-state index is 0.176. The number of carbonyl (C=O) groups is 3. The predicted octanol–water partition coefficient (Wildman–Crippen LogP) is 1.61. The summed E-state index contributed by atoms with van der Waals surface area (Å²) < 4.78 is 0. The molecule has 0 spiro atoms. The molecule has 1 heterocycles. The van der Waals surface area contributed by atoms with Crippen molar-refractivity contribution in [3.05, 3.63) is 24.3 Å². The fourth-order valence-corrected chi connectivity index (χ4v) is 2.33. The summed E-state index contributed by atoms with van der Waals surface area (Å²) in [6.45, 7) is 3.57. The highest BCUT2D eigenvalue weighted by atomic mass is 16.2. The van der Waals surface area contributed by atoms with Gasteiger partial charge in [0.25, 0.3) is 0 Å². The van der Waals surface area contributed by atoms with E-state index in [-0.39, 0.29) is 5.92 Å². The first-order chi connectivity index (χ1) is 9.82. The van der Waals surface area contributed by atoms with Crippen molar-refractivity contribution in [2.45, 2.75) is 13.8 Å². The lowest BCUT2D eigenvalue weighted by Gasteiger charge is -2.32. The molecule has 0 saturated carbocycles. The number of nitrogens with one attached hydrogen (secondary N) is 1. The van der Waals surface area contributed by atoms with Crippen LogP contribution in [0.25, 0.3) is 0 Å². The quantitative estimate of drug-likeness (QED) is 0.858. The first-order valence-corrected chi connectivity index (χ1v) is 6.79. The molecule has 1 fully saturated rings. The van der Waals surface area contributed by atoms with Crippen LogP contribution in [0.4, 0.5) is 16.2 Å². The summed E-state index contributed by atoms with van der Waals surface area (Å²) >= 11 is 0. The summed E-state index contributed by atoms with van der Waals surface area (Å²) in [5, 5.41) is 2.25. The first-order valence-electron chi connectivity index (χ1n) is 6.79. The highest BCUT2D eigenvalue weighted by molar-refractivity contribution is 6.27. The van der Waals surface area contributed by atoms with E-state index >= 15 is 0 Å². The number of carbonyl (C=O) groups excluding carboxylic acids is 3. The molecule has 1 aromatic rings. The van der Waals surface area contributed by atoms with Gasteiger partial charge >= 0.3 is 6.03 Å². The van der Waals surface area contributed by atoms with Crippen LogP contribution in [0.1, 0.15) is 13.8 Å². The predicted molar refractivity (Wildman–Crippen MR) is 80.1 cm³/mol. The molecule has 1 unspecified atom stereocenters. The molecule has 0 bridgehead atoms. The van der Waals surface area contributed by atoms with Crippen molar-refractivity contribution >= 4 is 29.2 Å². The molecule has 6 heteroatoms. The molecule has 1 N–H and O–H groups in total. The van der Waals surface area contributed by atoms with Crippen LogP contribution in [0, 0.1) is 11.8 Å². The SMILES string of the molecule is CC(C)C1C(=O)NC(=O)N(c2cccc(N(C)C)c2)C1=O. The van der Waals surface area contributed by atoms with Gasteiger partial charge in [-0.2, -0.15) is 0 Å². The number of hydrogen-bond acceptors (Lipinski definition) is 4. The average molecular weight is 289 g/mol. The third kappa shape index (κ3) is 2.74. The maximum absolute atomic E-state index is 12.5. The Balaban J connectivity index is 2.42. The molecule has 6 nitrogen and oxygen atoms in total. The Bertz CT molecular complexity index is 596. The Morgan fingerprint density at radius 1 is 1.19 bits per heavy atom. The Hall–Kier alpha value is -2.37. The van der Waals surface area contributed by atoms with E-state index in [0.717, 1.165) is 10.6 Å². The summed E-state index contributed by atoms with van der Waals surface area (Å²) in [6, 6.07) is 6.37. The zero-order valence-electron chi connectivity index (χ0n) is 12.6. The van der Waals surface area contributed by atoms with Gasteiger partial charge in [-0.1, -0.05) is 19.9 Å². The van der Waals surface area contributed by atoms with Crippen LogP contribution in [-0.2, 0) is 9.59 Å². The number of rotatable bonds is 3. The van der Waals surface area contributed by atoms with Gasteiger partial charge in [0.1, 0.15) is 5.92 Å². The van der Waals surface area contributed by atoms with Crippen molar-refractivity contribution < 1.29 is 14.4 Å². The summed E-state index contributed by atoms with van der Waals surface area (Å²) in [4.78, 5) is 39.3. The Morgan fingerprint density at radius 3 is 2.43 bits per heavy atom. The third-order valence-electron chi connectivity index (χ3n) is 3.47. The van der Waals surface area contributed by atoms with Crippen molar-refractivity contribution in [1.29, 1.82) is 0 Å². The number of amides is 4. The van der Waals surface area contributed by atoms with Crippen LogP contribution < -0.4 is 15.1 Å². The molecule has 1 saturated heterocycles. The van der Waals surface area contributed by atoms with Gasteiger partial charge in [-0.05, 0) is 24.1 Å². The second-order valence-electron chi connectivity index (χ2n) is 5.60. The molecule has 2 rings (SSSR count). The fraction of sp³-hybridized carbons (Fsp3) is 0.400. The van der Waals surface area contributed by atoms with E-state index in [1.54, 1.807) is 32.0 Å². The molecular formula is C15H19N3O3. The Labute approximate surface area is 123 Å². The molecule has 0 radical (unpaired) electrons. The highest BCUT2D eigenvalue weighted by Crippen LogP contribution is 2.27. The average Bonchev–Trinajstić information content (AvgIpc) is 2.37. The number of nitrogens with zero attached hydrogens (tertiary/aromatic N) is 2. The summed E-state index contributed by atoms with van der Waals surface area (Å²) in [5.74, 6) is -2.02. The lowest BCUT2D eigenvalue weighted by atomic mass is 9.92. The van der Waals surface area contributed by atoms with E-state index in [4.69, 9.17) is 0 Å². The number of barbiturate groups is 1. The Morgan fingerprint density at radius 2 is 1.86 bits per heavy atom. The van der Waals surface area contributed by atoms with Crippen molar-refractivity contribution in [2.75, 3.05) is 23.9 Å². The number of hydrogen-bond donors (Lipinski definition) is 1. The van der Waals surface area contributed by atoms with Crippen molar-refractivity contribution in [1.82, 2.24) is 5.32 Å². The smallest absolute Gasteiger partial charge is 0.335 e. The molecule has 4 amide bonds. The van der Waals surface area contributed by atoms with Gasteiger partial charge in [0.05, 0.1) is 5.69 Å². The van der Waals surface area contributed by atoms with Gasteiger partial charge < -0.3 is 4.90 Å². The second kappa shape index (κ2) is 5.55. The molecule has 1 aromatic carbocycles. The van der Waals surface area contributed by atoms with Crippen LogP contribution in [0.2, 0.25) is 0 Å². The molecule has 1 aliphatic heterocycles. The highest BCUT2D eigenvalue weighted by Gasteiger charge is 2.42. The van der Waals surface area contributed by atoms with Crippen LogP contribution in [-0.4, -0.2) is 31.9 Å². The van der Waals surface area contributed by atoms with E-state index in [9.17, 15) is 14.4 Å². The summed E-state index contributed by atoms with van der Waals surface area (Å²) in [7, 11) is 3.75. The number of imide groups is 2. The van der Waals surface area contributed by atoms with Gasteiger partial charge in [-0.3, -0.25) is 14.9 Å². The molecule has 21 heavy (non-hydrogen) atoms. The van der Waals surface area contributed by atoms with Crippen LogP contribution in [0.3, 0.4) is 0 Å². The normalized spacial score (nSPS) is 19.0. The minimum atomic E-state index is -0.842. The molecule has 1 aliphatic rings. The molecule has 0 aliphatic carbocycles. The van der Waals surface area contributed by atoms with Crippen molar-refractivity contribution in [3.63, 3.8) is 0 Å². The van der Waals surface area contributed by atoms with Crippen molar-refractivity contribution in [2.24, 2.45) is 11.8 Å². The third-order valence-corrected chi connectivity index (χ3v) is 3.47. The standard InChI is InChI=1S/C15H19N3O3/c1-9(2)12-13(19)16-15(21)18(14(12)20)11-7-5-6-10(8-11)17(3)4/h5-9,12H,1-4H3,(H,16,19,21). The zero-order valence-corrected chi connectivity index (χ0v) is 12.6. The largest absolute Gasteiger partial charge is 0.378 e. The monoisotopic (exact) mass is 289 g/mol. The van der Waals surface area contributed by atoms with Crippen molar-refractivity contribution in [3.8, 4) is 0 Å². The topological polar surface area (TPSA) is 69.7 Å². The minimum Gasteiger partial charge on any atom is -0.378 e. The van der Waals surface area contributed by atoms with Gasteiger partial charge in [-0.25, -0.2) is 9.69 Å². The van der Waals surface area contributed by atoms with E-state index in [2.05, 4.69) is 5.32 Å². The number of urea groups is 1. The molecular weight excluding hydrogens is 270 g/mol. The second-order valence-corrected chi connectivity index (χ2v) is 5.60. The van der Waals surface area contributed by atoms with E-state index in [1.807, 2.05) is 25.1 Å². The number of anilines is 2. The molecule has 0 aromatic heterocycles. The lowest BCUT2D eigenvalue weighted by molar-refractivity contribution is -0.136.